The zero-order valence-electron chi connectivity index (χ0n) is 18.3. The molecule has 0 saturated carbocycles. The van der Waals surface area contributed by atoms with Gasteiger partial charge in [0.1, 0.15) is 11.4 Å². The predicted molar refractivity (Wildman–Crippen MR) is 122 cm³/mol. The molecule has 0 radical (unpaired) electrons. The van der Waals surface area contributed by atoms with E-state index in [0.717, 1.165) is 5.56 Å². The smallest absolute Gasteiger partial charge is 0.407 e. The fourth-order valence-electron chi connectivity index (χ4n) is 3.55. The number of nitrogens with one attached hydrogen (secondary N) is 1. The van der Waals surface area contributed by atoms with Crippen LogP contribution < -0.4 is 5.32 Å². The van der Waals surface area contributed by atoms with Crippen LogP contribution in [0.1, 0.15) is 32.8 Å². The Bertz CT molecular complexity index is 990. The predicted octanol–water partition coefficient (Wildman–Crippen LogP) is 2.38. The van der Waals surface area contributed by atoms with E-state index < -0.39 is 27.4 Å². The van der Waals surface area contributed by atoms with E-state index in [1.165, 1.54) is 23.9 Å². The Labute approximate surface area is 191 Å². The second kappa shape index (κ2) is 9.78. The normalized spacial score (nSPS) is 23.2. The summed E-state index contributed by atoms with van der Waals surface area (Å²) < 4.78 is 42.5. The minimum atomic E-state index is -3.13. The fourth-order valence-corrected chi connectivity index (χ4v) is 7.54. The van der Waals surface area contributed by atoms with Crippen molar-refractivity contribution in [3.8, 4) is 0 Å². The summed E-state index contributed by atoms with van der Waals surface area (Å²) in [7, 11) is -3.13. The maximum Gasteiger partial charge on any atom is 0.407 e. The van der Waals surface area contributed by atoms with E-state index in [2.05, 4.69) is 10.3 Å². The number of halogens is 1. The van der Waals surface area contributed by atoms with E-state index in [4.69, 9.17) is 4.74 Å². The molecule has 0 spiro atoms. The van der Waals surface area contributed by atoms with Gasteiger partial charge >= 0.3 is 6.09 Å². The highest BCUT2D eigenvalue weighted by atomic mass is 32.2. The largest absolute Gasteiger partial charge is 0.444 e. The second-order valence-electron chi connectivity index (χ2n) is 8.84. The minimum Gasteiger partial charge on any atom is -0.444 e. The number of hydrogen-bond donors (Lipinski definition) is 1. The summed E-state index contributed by atoms with van der Waals surface area (Å²) in [6, 6.07) is 5.90. The number of carbonyl (C=O) groups excluding carboxylic acids is 2. The van der Waals surface area contributed by atoms with Crippen molar-refractivity contribution in [2.75, 3.05) is 24.6 Å². The number of sulfone groups is 1. The van der Waals surface area contributed by atoms with Crippen molar-refractivity contribution in [1.82, 2.24) is 10.2 Å². The van der Waals surface area contributed by atoms with Crippen LogP contribution in [0.2, 0.25) is 0 Å². The van der Waals surface area contributed by atoms with Gasteiger partial charge < -0.3 is 15.0 Å². The van der Waals surface area contributed by atoms with Crippen LogP contribution in [0, 0.1) is 5.82 Å². The molecule has 1 aromatic carbocycles. The molecule has 1 aromatic rings. The van der Waals surface area contributed by atoms with Crippen LogP contribution in [0.3, 0.4) is 0 Å². The summed E-state index contributed by atoms with van der Waals surface area (Å²) in [4.78, 5) is 30.2. The highest BCUT2D eigenvalue weighted by molar-refractivity contribution is 8.15. The number of amidine groups is 1. The molecule has 32 heavy (non-hydrogen) atoms. The first-order valence-corrected chi connectivity index (χ1v) is 13.1. The molecule has 1 N–H and O–H groups in total. The van der Waals surface area contributed by atoms with Gasteiger partial charge in [-0.05, 0) is 44.9 Å². The third kappa shape index (κ3) is 6.93. The summed E-state index contributed by atoms with van der Waals surface area (Å²) in [6.07, 6.45) is -0.0332. The molecule has 0 aliphatic carbocycles. The molecular formula is C21H28FN3O5S2. The monoisotopic (exact) mass is 485 g/mol. The fraction of sp³-hybridized carbons (Fsp3) is 0.571. The molecule has 2 saturated heterocycles. The number of alkyl carbamates (subject to hydrolysis) is 1. The zero-order chi connectivity index (χ0) is 23.5. The molecule has 176 valence electrons. The van der Waals surface area contributed by atoms with Crippen molar-refractivity contribution in [1.29, 1.82) is 0 Å². The molecule has 0 bridgehead atoms. The molecule has 2 aliphatic heterocycles. The third-order valence-corrected chi connectivity index (χ3v) is 8.20. The zero-order valence-corrected chi connectivity index (χ0v) is 20.0. The Morgan fingerprint density at radius 2 is 1.94 bits per heavy atom. The molecule has 11 heteroatoms. The quantitative estimate of drug-likeness (QED) is 0.660. The third-order valence-electron chi connectivity index (χ3n) is 4.96. The molecular weight excluding hydrogens is 457 g/mol. The van der Waals surface area contributed by atoms with E-state index in [1.807, 2.05) is 4.90 Å². The summed E-state index contributed by atoms with van der Waals surface area (Å²) in [5.41, 5.74) is 0.283. The Balaban J connectivity index is 1.62. The van der Waals surface area contributed by atoms with E-state index in [9.17, 15) is 22.4 Å². The molecule has 2 fully saturated rings. The number of nitrogens with zero attached hydrogens (tertiary/aromatic N) is 2. The van der Waals surface area contributed by atoms with E-state index >= 15 is 0 Å². The van der Waals surface area contributed by atoms with Crippen molar-refractivity contribution >= 4 is 38.8 Å². The number of thioether (sulfide) groups is 1. The molecule has 3 rings (SSSR count). The average molecular weight is 486 g/mol. The van der Waals surface area contributed by atoms with E-state index in [0.29, 0.717) is 18.1 Å². The van der Waals surface area contributed by atoms with Crippen molar-refractivity contribution in [3.63, 3.8) is 0 Å². The van der Waals surface area contributed by atoms with E-state index in [1.54, 1.807) is 32.9 Å². The summed E-state index contributed by atoms with van der Waals surface area (Å²) in [6.45, 7) is 5.81. The molecule has 2 amide bonds. The number of ether oxygens (including phenoxy) is 1. The average Bonchev–Trinajstić information content (AvgIpc) is 3.11. The summed E-state index contributed by atoms with van der Waals surface area (Å²) in [5, 5.41) is 2.86. The lowest BCUT2D eigenvalue weighted by molar-refractivity contribution is -0.117. The lowest BCUT2D eigenvalue weighted by Gasteiger charge is -2.24. The summed E-state index contributed by atoms with van der Waals surface area (Å²) >= 11 is 1.31. The van der Waals surface area contributed by atoms with Gasteiger partial charge in [0.15, 0.2) is 15.0 Å². The van der Waals surface area contributed by atoms with Crippen molar-refractivity contribution in [2.45, 2.75) is 50.5 Å². The van der Waals surface area contributed by atoms with Gasteiger partial charge in [-0.1, -0.05) is 23.9 Å². The van der Waals surface area contributed by atoms with Gasteiger partial charge in [0, 0.05) is 24.8 Å². The van der Waals surface area contributed by atoms with Crippen molar-refractivity contribution < 1.29 is 27.1 Å². The topological polar surface area (TPSA) is 105 Å². The van der Waals surface area contributed by atoms with Crippen molar-refractivity contribution in [2.24, 2.45) is 4.99 Å². The lowest BCUT2D eigenvalue weighted by Crippen LogP contribution is -2.39. The Morgan fingerprint density at radius 1 is 1.25 bits per heavy atom. The highest BCUT2D eigenvalue weighted by Gasteiger charge is 2.48. The van der Waals surface area contributed by atoms with Crippen LogP contribution >= 0.6 is 11.8 Å². The molecule has 2 heterocycles. The molecule has 2 atom stereocenters. The van der Waals surface area contributed by atoms with Gasteiger partial charge in [0.25, 0.3) is 0 Å². The van der Waals surface area contributed by atoms with E-state index in [-0.39, 0.29) is 41.6 Å². The highest BCUT2D eigenvalue weighted by Crippen LogP contribution is 2.38. The van der Waals surface area contributed by atoms with Gasteiger partial charge in [0.05, 0.1) is 17.5 Å². The van der Waals surface area contributed by atoms with Crippen molar-refractivity contribution in [3.05, 3.63) is 35.6 Å². The number of carbonyl (C=O) groups is 2. The Hall–Kier alpha value is -2.14. The number of rotatable bonds is 6. The first kappa shape index (κ1) is 24.5. The first-order valence-electron chi connectivity index (χ1n) is 10.4. The maximum absolute atomic E-state index is 13.2. The number of benzene rings is 1. The van der Waals surface area contributed by atoms with Gasteiger partial charge in [-0.15, -0.1) is 0 Å². The Morgan fingerprint density at radius 3 is 2.59 bits per heavy atom. The second-order valence-corrected chi connectivity index (χ2v) is 12.2. The molecule has 8 nitrogen and oxygen atoms in total. The summed E-state index contributed by atoms with van der Waals surface area (Å²) in [5.74, 6) is -0.636. The molecule has 0 aromatic heterocycles. The van der Waals surface area contributed by atoms with Gasteiger partial charge in [0.2, 0.25) is 5.91 Å². The van der Waals surface area contributed by atoms with Gasteiger partial charge in [-0.3, -0.25) is 4.79 Å². The van der Waals surface area contributed by atoms with Crippen LogP contribution in [0.5, 0.6) is 0 Å². The number of hydrogen-bond acceptors (Lipinski definition) is 6. The molecule has 2 aliphatic rings. The lowest BCUT2D eigenvalue weighted by atomic mass is 10.1. The van der Waals surface area contributed by atoms with Crippen LogP contribution in [0.4, 0.5) is 9.18 Å². The van der Waals surface area contributed by atoms with Gasteiger partial charge in [-0.2, -0.15) is 4.99 Å². The van der Waals surface area contributed by atoms with Crippen LogP contribution in [-0.2, 0) is 25.8 Å². The molecule has 0 unspecified atom stereocenters. The Kier molecular flexibility index (Phi) is 7.49. The SMILES string of the molecule is CC(C)(C)OC(=O)NCCC(=O)N=C1S[C@@H]2CS(=O)(=O)C[C@H]2N1CCc1ccc(F)cc1. The number of aliphatic imine (C=N–C) groups is 1. The number of amides is 2. The van der Waals surface area contributed by atoms with Gasteiger partial charge in [-0.25, -0.2) is 17.6 Å². The standard InChI is InChI=1S/C21H28FN3O5S2/c1-21(2,3)30-20(27)23-10-8-18(26)24-19-25(11-9-14-4-6-15(22)7-5-14)16-12-32(28,29)13-17(16)31-19/h4-7,16-17H,8-13H2,1-3H3,(H,23,27)/t16-,17-/m1/s1. The number of fused-ring (bicyclic) bond motifs is 1. The maximum atomic E-state index is 13.2. The first-order chi connectivity index (χ1) is 14.9. The minimum absolute atomic E-state index is 0.00272. The van der Waals surface area contributed by atoms with Crippen LogP contribution in [0.15, 0.2) is 29.3 Å². The van der Waals surface area contributed by atoms with Crippen LogP contribution in [0.25, 0.3) is 0 Å². The van der Waals surface area contributed by atoms with Crippen LogP contribution in [-0.4, -0.2) is 72.0 Å².